The van der Waals surface area contributed by atoms with Gasteiger partial charge in [0.15, 0.2) is 0 Å². The van der Waals surface area contributed by atoms with Crippen LogP contribution in [0.1, 0.15) is 42.1 Å². The van der Waals surface area contributed by atoms with Gasteiger partial charge in [-0.1, -0.05) is 36.4 Å². The summed E-state index contributed by atoms with van der Waals surface area (Å²) in [4.78, 5) is 31.3. The van der Waals surface area contributed by atoms with E-state index in [1.165, 1.54) is 0 Å². The van der Waals surface area contributed by atoms with Gasteiger partial charge in [-0.15, -0.1) is 0 Å². The lowest BCUT2D eigenvalue weighted by Gasteiger charge is -2.34. The molecule has 148 valence electrons. The molecule has 3 aromatic rings. The molecule has 1 saturated heterocycles. The first-order chi connectivity index (χ1) is 14.1. The second kappa shape index (κ2) is 8.35. The molecule has 1 aliphatic heterocycles. The summed E-state index contributed by atoms with van der Waals surface area (Å²) in [6, 6.07) is 17.1. The Morgan fingerprint density at radius 1 is 1.07 bits per heavy atom. The first kappa shape index (κ1) is 19.0. The maximum Gasteiger partial charge on any atom is 0.270 e. The second-order valence-electron chi connectivity index (χ2n) is 7.51. The Morgan fingerprint density at radius 3 is 2.62 bits per heavy atom. The summed E-state index contributed by atoms with van der Waals surface area (Å²) in [6.07, 6.45) is 6.75. The minimum Gasteiger partial charge on any atom is -0.361 e. The van der Waals surface area contributed by atoms with Crippen LogP contribution in [-0.4, -0.2) is 34.3 Å². The van der Waals surface area contributed by atoms with Crippen molar-refractivity contribution in [3.63, 3.8) is 0 Å². The van der Waals surface area contributed by atoms with Crippen LogP contribution in [0.15, 0.2) is 66.5 Å². The molecule has 0 bridgehead atoms. The number of para-hydroxylation sites is 1. The Morgan fingerprint density at radius 2 is 1.83 bits per heavy atom. The van der Waals surface area contributed by atoms with Gasteiger partial charge in [0, 0.05) is 40.8 Å². The number of piperidine rings is 1. The third kappa shape index (κ3) is 4.09. The number of carbonyl (C=O) groups excluding carboxylic acids is 2. The van der Waals surface area contributed by atoms with Gasteiger partial charge in [0.2, 0.25) is 0 Å². The fraction of sp³-hybridized carbons (Fsp3) is 0.250. The lowest BCUT2D eigenvalue weighted by Crippen LogP contribution is -2.45. The maximum absolute atomic E-state index is 13.4. The fourth-order valence-corrected chi connectivity index (χ4v) is 3.86. The van der Waals surface area contributed by atoms with Crippen molar-refractivity contribution < 1.29 is 9.59 Å². The molecule has 2 amide bonds. The lowest BCUT2D eigenvalue weighted by molar-refractivity contribution is -0.130. The van der Waals surface area contributed by atoms with Crippen LogP contribution < -0.4 is 5.32 Å². The van der Waals surface area contributed by atoms with Crippen molar-refractivity contribution in [2.24, 2.45) is 0 Å². The van der Waals surface area contributed by atoms with Gasteiger partial charge in [-0.25, -0.2) is 0 Å². The number of aromatic amines is 1. The number of aromatic nitrogens is 1. The van der Waals surface area contributed by atoms with Crippen molar-refractivity contribution >= 4 is 28.8 Å². The molecule has 0 aliphatic carbocycles. The predicted molar refractivity (Wildman–Crippen MR) is 115 cm³/mol. The number of hydrogen-bond acceptors (Lipinski definition) is 2. The Hall–Kier alpha value is -3.34. The number of fused-ring (bicyclic) bond motifs is 1. The number of rotatable bonds is 4. The van der Waals surface area contributed by atoms with E-state index >= 15 is 0 Å². The number of carbonyl (C=O) groups is 2. The monoisotopic (exact) mass is 387 g/mol. The number of benzene rings is 2. The van der Waals surface area contributed by atoms with Gasteiger partial charge >= 0.3 is 0 Å². The molecule has 0 spiro atoms. The standard InChI is InChI=1S/C24H25N3O2/c1-17-9-7-8-14-27(17)24(29)22(26-23(28)18-10-3-2-4-11-18)15-19-16-25-21-13-6-5-12-20(19)21/h2-6,10-13,15-17,25H,7-9,14H2,1H3,(H,26,28)/b22-15-/t17-/m1/s1. The smallest absolute Gasteiger partial charge is 0.270 e. The van der Waals surface area contributed by atoms with E-state index in [4.69, 9.17) is 0 Å². The van der Waals surface area contributed by atoms with Gasteiger partial charge in [0.25, 0.3) is 11.8 Å². The normalized spacial score (nSPS) is 17.3. The first-order valence-electron chi connectivity index (χ1n) is 10.1. The highest BCUT2D eigenvalue weighted by atomic mass is 16.2. The molecule has 4 rings (SSSR count). The Bertz CT molecular complexity index is 1050. The number of amides is 2. The van der Waals surface area contributed by atoms with Gasteiger partial charge in [0.1, 0.15) is 5.70 Å². The molecule has 0 radical (unpaired) electrons. The van der Waals surface area contributed by atoms with E-state index in [9.17, 15) is 9.59 Å². The van der Waals surface area contributed by atoms with E-state index in [0.29, 0.717) is 17.8 Å². The number of hydrogen-bond donors (Lipinski definition) is 2. The third-order valence-corrected chi connectivity index (χ3v) is 5.50. The van der Waals surface area contributed by atoms with E-state index in [-0.39, 0.29) is 17.9 Å². The number of H-pyrrole nitrogens is 1. The van der Waals surface area contributed by atoms with Crippen LogP contribution in [-0.2, 0) is 4.79 Å². The van der Waals surface area contributed by atoms with Gasteiger partial charge in [-0.2, -0.15) is 0 Å². The van der Waals surface area contributed by atoms with Gasteiger partial charge in [-0.05, 0) is 50.5 Å². The Labute approximate surface area is 170 Å². The molecule has 1 aliphatic rings. The van der Waals surface area contributed by atoms with Crippen LogP contribution in [0.25, 0.3) is 17.0 Å². The topological polar surface area (TPSA) is 65.2 Å². The maximum atomic E-state index is 13.4. The summed E-state index contributed by atoms with van der Waals surface area (Å²) in [6.45, 7) is 2.78. The molecule has 1 atom stereocenters. The number of nitrogens with zero attached hydrogens (tertiary/aromatic N) is 1. The summed E-state index contributed by atoms with van der Waals surface area (Å²) < 4.78 is 0. The highest BCUT2D eigenvalue weighted by molar-refractivity contribution is 6.06. The quantitative estimate of drug-likeness (QED) is 0.654. The predicted octanol–water partition coefficient (Wildman–Crippen LogP) is 4.34. The van der Waals surface area contributed by atoms with Crippen molar-refractivity contribution in [2.45, 2.75) is 32.2 Å². The molecule has 0 unspecified atom stereocenters. The minimum atomic E-state index is -0.283. The molecular formula is C24H25N3O2. The Balaban J connectivity index is 1.70. The van der Waals surface area contributed by atoms with Crippen LogP contribution in [0.4, 0.5) is 0 Å². The van der Waals surface area contributed by atoms with Crippen molar-refractivity contribution in [3.05, 3.63) is 77.6 Å². The molecule has 29 heavy (non-hydrogen) atoms. The minimum absolute atomic E-state index is 0.133. The molecule has 1 aromatic heterocycles. The van der Waals surface area contributed by atoms with Crippen LogP contribution in [0.5, 0.6) is 0 Å². The van der Waals surface area contributed by atoms with Crippen molar-refractivity contribution in [2.75, 3.05) is 6.54 Å². The largest absolute Gasteiger partial charge is 0.361 e. The summed E-state index contributed by atoms with van der Waals surface area (Å²) >= 11 is 0. The third-order valence-electron chi connectivity index (χ3n) is 5.50. The summed E-state index contributed by atoms with van der Waals surface area (Å²) in [5.74, 6) is -0.415. The van der Waals surface area contributed by atoms with Crippen LogP contribution >= 0.6 is 0 Å². The first-order valence-corrected chi connectivity index (χ1v) is 10.1. The average Bonchev–Trinajstić information content (AvgIpc) is 3.16. The summed E-state index contributed by atoms with van der Waals surface area (Å²) in [5.41, 5.74) is 2.70. The lowest BCUT2D eigenvalue weighted by atomic mass is 10.0. The second-order valence-corrected chi connectivity index (χ2v) is 7.51. The highest BCUT2D eigenvalue weighted by Crippen LogP contribution is 2.23. The number of nitrogens with one attached hydrogen (secondary N) is 2. The molecule has 2 aromatic carbocycles. The van der Waals surface area contributed by atoms with Crippen molar-refractivity contribution in [1.29, 1.82) is 0 Å². The molecule has 5 heteroatoms. The van der Waals surface area contributed by atoms with E-state index in [0.717, 1.165) is 35.7 Å². The number of likely N-dealkylation sites (tertiary alicyclic amines) is 1. The van der Waals surface area contributed by atoms with E-state index < -0.39 is 0 Å². The SMILES string of the molecule is C[C@@H]1CCCCN1C(=O)/C(=C/c1c[nH]c2ccccc12)NC(=O)c1ccccc1. The molecule has 1 fully saturated rings. The molecule has 0 saturated carbocycles. The van der Waals surface area contributed by atoms with E-state index in [1.54, 1.807) is 18.2 Å². The molecule has 2 N–H and O–H groups in total. The van der Waals surface area contributed by atoms with Crippen LogP contribution in [0.3, 0.4) is 0 Å². The zero-order valence-corrected chi connectivity index (χ0v) is 16.5. The van der Waals surface area contributed by atoms with Crippen LogP contribution in [0, 0.1) is 0 Å². The average molecular weight is 387 g/mol. The van der Waals surface area contributed by atoms with Gasteiger partial charge in [0.05, 0.1) is 0 Å². The molecule has 2 heterocycles. The van der Waals surface area contributed by atoms with Gasteiger partial charge in [-0.3, -0.25) is 9.59 Å². The Kier molecular flexibility index (Phi) is 5.47. The van der Waals surface area contributed by atoms with E-state index in [1.807, 2.05) is 53.6 Å². The molecule has 5 nitrogen and oxygen atoms in total. The van der Waals surface area contributed by atoms with Crippen molar-refractivity contribution in [3.8, 4) is 0 Å². The van der Waals surface area contributed by atoms with Crippen LogP contribution in [0.2, 0.25) is 0 Å². The zero-order valence-electron chi connectivity index (χ0n) is 16.5. The molecular weight excluding hydrogens is 362 g/mol. The zero-order chi connectivity index (χ0) is 20.2. The highest BCUT2D eigenvalue weighted by Gasteiger charge is 2.27. The van der Waals surface area contributed by atoms with Crippen molar-refractivity contribution in [1.82, 2.24) is 15.2 Å². The summed E-state index contributed by atoms with van der Waals surface area (Å²) in [5, 5.41) is 3.88. The fourth-order valence-electron chi connectivity index (χ4n) is 3.86. The summed E-state index contributed by atoms with van der Waals surface area (Å²) in [7, 11) is 0. The van der Waals surface area contributed by atoms with E-state index in [2.05, 4.69) is 17.2 Å². The van der Waals surface area contributed by atoms with Gasteiger partial charge < -0.3 is 15.2 Å².